The average Bonchev–Trinajstić information content (AvgIpc) is 1.96. The normalized spacial score (nSPS) is 30.8. The average molecular weight is 168 g/mol. The lowest BCUT2D eigenvalue weighted by Gasteiger charge is -2.39. The van der Waals surface area contributed by atoms with Crippen molar-refractivity contribution in [2.24, 2.45) is 0 Å². The third kappa shape index (κ3) is 1.81. The highest BCUT2D eigenvalue weighted by atomic mass is 15.2. The van der Waals surface area contributed by atoms with E-state index in [2.05, 4.69) is 51.0 Å². The zero-order chi connectivity index (χ0) is 9.30. The van der Waals surface area contributed by atoms with Crippen LogP contribution in [-0.4, -0.2) is 43.0 Å². The van der Waals surface area contributed by atoms with Crippen LogP contribution in [0.1, 0.15) is 20.3 Å². The van der Waals surface area contributed by atoms with Crippen molar-refractivity contribution in [1.82, 2.24) is 9.80 Å². The molecule has 12 heavy (non-hydrogen) atoms. The standard InChI is InChI=1S/C10H20N2/c1-8-6-10(11(3)4)9(2)12(5)7-8/h7,9-10H,6H2,1-5H3/t9-,10+/m0/s1. The van der Waals surface area contributed by atoms with Gasteiger partial charge in [-0.25, -0.2) is 0 Å². The first-order chi connectivity index (χ1) is 5.52. The van der Waals surface area contributed by atoms with Crippen molar-refractivity contribution in [3.05, 3.63) is 11.8 Å². The van der Waals surface area contributed by atoms with Gasteiger partial charge in [0.05, 0.1) is 0 Å². The van der Waals surface area contributed by atoms with Crippen molar-refractivity contribution < 1.29 is 0 Å². The molecule has 1 aliphatic heterocycles. The highest BCUT2D eigenvalue weighted by molar-refractivity contribution is 5.08. The summed E-state index contributed by atoms with van der Waals surface area (Å²) in [6, 6.07) is 1.30. The minimum Gasteiger partial charge on any atom is -0.376 e. The largest absolute Gasteiger partial charge is 0.376 e. The minimum atomic E-state index is 0.628. The predicted molar refractivity (Wildman–Crippen MR) is 53.1 cm³/mol. The van der Waals surface area contributed by atoms with Gasteiger partial charge >= 0.3 is 0 Å². The topological polar surface area (TPSA) is 6.48 Å². The Morgan fingerprint density at radius 3 is 2.58 bits per heavy atom. The highest BCUT2D eigenvalue weighted by Gasteiger charge is 2.25. The maximum atomic E-state index is 2.32. The number of hydrogen-bond donors (Lipinski definition) is 0. The highest BCUT2D eigenvalue weighted by Crippen LogP contribution is 2.21. The third-order valence-corrected chi connectivity index (χ3v) is 2.82. The molecule has 0 unspecified atom stereocenters. The molecule has 0 aromatic heterocycles. The van der Waals surface area contributed by atoms with Crippen LogP contribution in [0.5, 0.6) is 0 Å². The molecule has 2 nitrogen and oxygen atoms in total. The van der Waals surface area contributed by atoms with E-state index in [1.807, 2.05) is 0 Å². The van der Waals surface area contributed by atoms with E-state index in [1.165, 1.54) is 12.0 Å². The van der Waals surface area contributed by atoms with Crippen molar-refractivity contribution in [1.29, 1.82) is 0 Å². The number of hydrogen-bond acceptors (Lipinski definition) is 2. The van der Waals surface area contributed by atoms with Crippen LogP contribution < -0.4 is 0 Å². The smallest absolute Gasteiger partial charge is 0.0411 e. The molecule has 1 heterocycles. The van der Waals surface area contributed by atoms with E-state index in [0.717, 1.165) is 0 Å². The van der Waals surface area contributed by atoms with E-state index in [4.69, 9.17) is 0 Å². The van der Waals surface area contributed by atoms with Crippen LogP contribution in [0.25, 0.3) is 0 Å². The molecule has 1 rings (SSSR count). The summed E-state index contributed by atoms with van der Waals surface area (Å²) in [4.78, 5) is 4.63. The van der Waals surface area contributed by atoms with Gasteiger partial charge in [0.2, 0.25) is 0 Å². The van der Waals surface area contributed by atoms with Gasteiger partial charge in [-0.2, -0.15) is 0 Å². The molecule has 0 amide bonds. The molecule has 0 bridgehead atoms. The zero-order valence-corrected chi connectivity index (χ0v) is 8.83. The van der Waals surface area contributed by atoms with Crippen molar-refractivity contribution in [2.75, 3.05) is 21.1 Å². The molecule has 2 atom stereocenters. The Bertz CT molecular complexity index is 184. The van der Waals surface area contributed by atoms with Gasteiger partial charge in [-0.3, -0.25) is 0 Å². The van der Waals surface area contributed by atoms with Gasteiger partial charge in [0, 0.05) is 19.1 Å². The van der Waals surface area contributed by atoms with Gasteiger partial charge < -0.3 is 9.80 Å². The summed E-state index contributed by atoms with van der Waals surface area (Å²) < 4.78 is 0. The lowest BCUT2D eigenvalue weighted by Crippen LogP contribution is -2.47. The number of nitrogens with zero attached hydrogens (tertiary/aromatic N) is 2. The first kappa shape index (κ1) is 9.59. The van der Waals surface area contributed by atoms with Gasteiger partial charge in [0.1, 0.15) is 0 Å². The summed E-state index contributed by atoms with van der Waals surface area (Å²) >= 11 is 0. The third-order valence-electron chi connectivity index (χ3n) is 2.82. The maximum absolute atomic E-state index is 2.32. The molecular weight excluding hydrogens is 148 g/mol. The van der Waals surface area contributed by atoms with E-state index in [-0.39, 0.29) is 0 Å². The zero-order valence-electron chi connectivity index (χ0n) is 8.83. The summed E-state index contributed by atoms with van der Waals surface area (Å²) in [6.45, 7) is 4.49. The van der Waals surface area contributed by atoms with Gasteiger partial charge in [0.15, 0.2) is 0 Å². The summed E-state index contributed by atoms with van der Waals surface area (Å²) in [5.74, 6) is 0. The van der Waals surface area contributed by atoms with Crippen molar-refractivity contribution >= 4 is 0 Å². The summed E-state index contributed by atoms with van der Waals surface area (Å²) in [6.07, 6.45) is 3.46. The molecule has 70 valence electrons. The minimum absolute atomic E-state index is 0.628. The van der Waals surface area contributed by atoms with Crippen LogP contribution in [0.4, 0.5) is 0 Å². The van der Waals surface area contributed by atoms with Crippen molar-refractivity contribution in [3.8, 4) is 0 Å². The van der Waals surface area contributed by atoms with Crippen LogP contribution in [0.2, 0.25) is 0 Å². The lowest BCUT2D eigenvalue weighted by molar-refractivity contribution is 0.161. The molecule has 0 fully saturated rings. The SMILES string of the molecule is CC1=CN(C)[C@@H](C)[C@H](N(C)C)C1. The Hall–Kier alpha value is -0.500. The fourth-order valence-electron chi connectivity index (χ4n) is 1.90. The second-order valence-corrected chi connectivity index (χ2v) is 4.12. The quantitative estimate of drug-likeness (QED) is 0.586. The van der Waals surface area contributed by atoms with Crippen LogP contribution >= 0.6 is 0 Å². The Kier molecular flexibility index (Phi) is 2.78. The summed E-state index contributed by atoms with van der Waals surface area (Å²) in [5, 5.41) is 0. The van der Waals surface area contributed by atoms with Crippen molar-refractivity contribution in [2.45, 2.75) is 32.4 Å². The van der Waals surface area contributed by atoms with E-state index in [9.17, 15) is 0 Å². The summed E-state index contributed by atoms with van der Waals surface area (Å²) in [7, 11) is 6.48. The molecule has 0 aromatic rings. The van der Waals surface area contributed by atoms with Crippen LogP contribution in [0, 0.1) is 0 Å². The van der Waals surface area contributed by atoms with Gasteiger partial charge in [0.25, 0.3) is 0 Å². The molecule has 0 aromatic carbocycles. The predicted octanol–water partition coefficient (Wildman–Crippen LogP) is 1.54. The monoisotopic (exact) mass is 168 g/mol. The van der Waals surface area contributed by atoms with Crippen LogP contribution in [0.15, 0.2) is 11.8 Å². The Morgan fingerprint density at radius 2 is 2.08 bits per heavy atom. The van der Waals surface area contributed by atoms with Gasteiger partial charge in [-0.05, 0) is 40.6 Å². The van der Waals surface area contributed by atoms with Crippen molar-refractivity contribution in [3.63, 3.8) is 0 Å². The lowest BCUT2D eigenvalue weighted by atomic mass is 9.96. The Balaban J connectivity index is 2.73. The fourth-order valence-corrected chi connectivity index (χ4v) is 1.90. The first-order valence-electron chi connectivity index (χ1n) is 4.58. The van der Waals surface area contributed by atoms with Gasteiger partial charge in [-0.1, -0.05) is 5.57 Å². The maximum Gasteiger partial charge on any atom is 0.0411 e. The molecule has 0 saturated carbocycles. The first-order valence-corrected chi connectivity index (χ1v) is 4.58. The molecule has 0 radical (unpaired) electrons. The second kappa shape index (κ2) is 3.48. The fraction of sp³-hybridized carbons (Fsp3) is 0.800. The van der Waals surface area contributed by atoms with Gasteiger partial charge in [-0.15, -0.1) is 0 Å². The Morgan fingerprint density at radius 1 is 1.50 bits per heavy atom. The Labute approximate surface area is 75.8 Å². The van der Waals surface area contributed by atoms with E-state index >= 15 is 0 Å². The molecular formula is C10H20N2. The van der Waals surface area contributed by atoms with E-state index in [0.29, 0.717) is 12.1 Å². The molecule has 0 saturated heterocycles. The molecule has 2 heteroatoms. The molecule has 0 aliphatic carbocycles. The summed E-state index contributed by atoms with van der Waals surface area (Å²) in [5.41, 5.74) is 1.48. The van der Waals surface area contributed by atoms with Crippen LogP contribution in [-0.2, 0) is 0 Å². The second-order valence-electron chi connectivity index (χ2n) is 4.12. The number of rotatable bonds is 1. The molecule has 0 N–H and O–H groups in total. The molecule has 0 spiro atoms. The molecule has 1 aliphatic rings. The van der Waals surface area contributed by atoms with Crippen LogP contribution in [0.3, 0.4) is 0 Å². The van der Waals surface area contributed by atoms with E-state index in [1.54, 1.807) is 0 Å². The van der Waals surface area contributed by atoms with E-state index < -0.39 is 0 Å². The number of likely N-dealkylation sites (N-methyl/N-ethyl adjacent to an activating group) is 2.